The van der Waals surface area contributed by atoms with Gasteiger partial charge in [-0.25, -0.2) is 4.68 Å². The summed E-state index contributed by atoms with van der Waals surface area (Å²) < 4.78 is 1.91. The maximum Gasteiger partial charge on any atom is 0.253 e. The lowest BCUT2D eigenvalue weighted by Crippen LogP contribution is -2.30. The molecule has 4 nitrogen and oxygen atoms in total. The van der Waals surface area contributed by atoms with Crippen molar-refractivity contribution in [3.05, 3.63) is 71.5 Å². The minimum atomic E-state index is 0.0816. The molecule has 0 atom stereocenters. The highest BCUT2D eigenvalue weighted by molar-refractivity contribution is 5.94. The second kappa shape index (κ2) is 7.56. The lowest BCUT2D eigenvalue weighted by atomic mass is 10.0. The summed E-state index contributed by atoms with van der Waals surface area (Å²) in [5, 5.41) is 4.52. The first kappa shape index (κ1) is 17.9. The summed E-state index contributed by atoms with van der Waals surface area (Å²) in [6, 6.07) is 16.2. The molecule has 0 saturated carbocycles. The highest BCUT2D eigenvalue weighted by Gasteiger charge is 2.12. The van der Waals surface area contributed by atoms with Gasteiger partial charge in [0.2, 0.25) is 0 Å². The standard InChI is InChI=1S/C22H25N3O/c1-5-24(6-2)22(26)19-11-9-18(10-12-19)20-8-7-16(3)21(15-20)25-14-13-17(4)23-25/h7-15H,5-6H2,1-4H3. The van der Waals surface area contributed by atoms with Gasteiger partial charge in [-0.2, -0.15) is 5.10 Å². The molecule has 1 amide bonds. The Hall–Kier alpha value is -2.88. The van der Waals surface area contributed by atoms with Crippen molar-refractivity contribution >= 4 is 5.91 Å². The van der Waals surface area contributed by atoms with Crippen molar-refractivity contribution in [2.75, 3.05) is 13.1 Å². The van der Waals surface area contributed by atoms with Gasteiger partial charge in [-0.15, -0.1) is 0 Å². The Morgan fingerprint density at radius 3 is 2.19 bits per heavy atom. The molecule has 0 fully saturated rings. The normalized spacial score (nSPS) is 10.8. The Morgan fingerprint density at radius 2 is 1.62 bits per heavy atom. The molecule has 0 spiro atoms. The number of amides is 1. The highest BCUT2D eigenvalue weighted by Crippen LogP contribution is 2.25. The molecule has 0 bridgehead atoms. The maximum atomic E-state index is 12.5. The number of benzene rings is 2. The summed E-state index contributed by atoms with van der Waals surface area (Å²) in [5.74, 6) is 0.0816. The molecule has 0 aliphatic heterocycles. The van der Waals surface area contributed by atoms with Crippen molar-refractivity contribution < 1.29 is 4.79 Å². The number of carbonyl (C=O) groups excluding carboxylic acids is 1. The zero-order chi connectivity index (χ0) is 18.7. The number of carbonyl (C=O) groups is 1. The zero-order valence-electron chi connectivity index (χ0n) is 15.9. The zero-order valence-corrected chi connectivity index (χ0v) is 15.9. The first-order chi connectivity index (χ1) is 12.5. The number of aryl methyl sites for hydroxylation is 2. The molecule has 4 heteroatoms. The van der Waals surface area contributed by atoms with Crippen LogP contribution >= 0.6 is 0 Å². The van der Waals surface area contributed by atoms with Crippen LogP contribution in [-0.2, 0) is 0 Å². The second-order valence-corrected chi connectivity index (χ2v) is 6.46. The summed E-state index contributed by atoms with van der Waals surface area (Å²) in [7, 11) is 0. The van der Waals surface area contributed by atoms with Gasteiger partial charge in [-0.1, -0.05) is 24.3 Å². The van der Waals surface area contributed by atoms with Crippen LogP contribution in [0.1, 0.15) is 35.5 Å². The summed E-state index contributed by atoms with van der Waals surface area (Å²) >= 11 is 0. The monoisotopic (exact) mass is 347 g/mol. The maximum absolute atomic E-state index is 12.5. The van der Waals surface area contributed by atoms with Crippen molar-refractivity contribution in [2.24, 2.45) is 0 Å². The lowest BCUT2D eigenvalue weighted by Gasteiger charge is -2.18. The average molecular weight is 347 g/mol. The van der Waals surface area contributed by atoms with Crippen LogP contribution in [0.2, 0.25) is 0 Å². The molecule has 3 aromatic rings. The van der Waals surface area contributed by atoms with E-state index < -0.39 is 0 Å². The molecular formula is C22H25N3O. The largest absolute Gasteiger partial charge is 0.339 e. The van der Waals surface area contributed by atoms with Crippen LogP contribution in [0.4, 0.5) is 0 Å². The molecule has 0 aliphatic carbocycles. The lowest BCUT2D eigenvalue weighted by molar-refractivity contribution is 0.0773. The van der Waals surface area contributed by atoms with E-state index in [0.29, 0.717) is 0 Å². The summed E-state index contributed by atoms with van der Waals surface area (Å²) in [6.45, 7) is 9.52. The third kappa shape index (κ3) is 3.54. The molecule has 2 aromatic carbocycles. The number of hydrogen-bond acceptors (Lipinski definition) is 2. The van der Waals surface area contributed by atoms with Gasteiger partial charge in [0.15, 0.2) is 0 Å². The van der Waals surface area contributed by atoms with E-state index in [1.54, 1.807) is 0 Å². The second-order valence-electron chi connectivity index (χ2n) is 6.46. The smallest absolute Gasteiger partial charge is 0.253 e. The molecule has 0 saturated heterocycles. The third-order valence-corrected chi connectivity index (χ3v) is 4.69. The van der Waals surface area contributed by atoms with Crippen LogP contribution < -0.4 is 0 Å². The predicted molar refractivity (Wildman–Crippen MR) is 106 cm³/mol. The van der Waals surface area contributed by atoms with Gasteiger partial charge >= 0.3 is 0 Å². The molecule has 0 aliphatic rings. The fourth-order valence-corrected chi connectivity index (χ4v) is 3.08. The minimum Gasteiger partial charge on any atom is -0.339 e. The topological polar surface area (TPSA) is 38.1 Å². The van der Waals surface area contributed by atoms with Crippen LogP contribution in [0, 0.1) is 13.8 Å². The SMILES string of the molecule is CCN(CC)C(=O)c1ccc(-c2ccc(C)c(-n3ccc(C)n3)c2)cc1. The van der Waals surface area contributed by atoms with Gasteiger partial charge in [-0.3, -0.25) is 4.79 Å². The molecular weight excluding hydrogens is 322 g/mol. The number of hydrogen-bond donors (Lipinski definition) is 0. The number of rotatable bonds is 5. The quantitative estimate of drug-likeness (QED) is 0.674. The molecule has 0 unspecified atom stereocenters. The Morgan fingerprint density at radius 1 is 0.962 bits per heavy atom. The van der Waals surface area contributed by atoms with Crippen LogP contribution in [0.5, 0.6) is 0 Å². The minimum absolute atomic E-state index is 0.0816. The third-order valence-electron chi connectivity index (χ3n) is 4.69. The van der Waals surface area contributed by atoms with Gasteiger partial charge < -0.3 is 4.90 Å². The van der Waals surface area contributed by atoms with Crippen molar-refractivity contribution in [1.29, 1.82) is 0 Å². The van der Waals surface area contributed by atoms with Crippen molar-refractivity contribution in [3.63, 3.8) is 0 Å². The van der Waals surface area contributed by atoms with E-state index >= 15 is 0 Å². The van der Waals surface area contributed by atoms with Crippen LogP contribution in [0.3, 0.4) is 0 Å². The Balaban J connectivity index is 1.91. The molecule has 1 heterocycles. The highest BCUT2D eigenvalue weighted by atomic mass is 16.2. The van der Waals surface area contributed by atoms with Gasteiger partial charge in [0.1, 0.15) is 0 Å². The summed E-state index contributed by atoms with van der Waals surface area (Å²) in [5.41, 5.74) is 6.16. The Bertz CT molecular complexity index is 905. The summed E-state index contributed by atoms with van der Waals surface area (Å²) in [6.07, 6.45) is 1.98. The van der Waals surface area contributed by atoms with E-state index in [2.05, 4.69) is 30.2 Å². The van der Waals surface area contributed by atoms with E-state index in [1.165, 1.54) is 5.56 Å². The first-order valence-corrected chi connectivity index (χ1v) is 9.06. The van der Waals surface area contributed by atoms with Crippen LogP contribution in [0.15, 0.2) is 54.7 Å². The summed E-state index contributed by atoms with van der Waals surface area (Å²) in [4.78, 5) is 14.3. The van der Waals surface area contributed by atoms with Crippen LogP contribution in [0.25, 0.3) is 16.8 Å². The van der Waals surface area contributed by atoms with Gasteiger partial charge in [0.05, 0.1) is 11.4 Å². The predicted octanol–water partition coefficient (Wildman–Crippen LogP) is 4.64. The average Bonchev–Trinajstić information content (AvgIpc) is 3.09. The fourth-order valence-electron chi connectivity index (χ4n) is 3.08. The Kier molecular flexibility index (Phi) is 5.21. The number of nitrogens with zero attached hydrogens (tertiary/aromatic N) is 3. The van der Waals surface area contributed by atoms with E-state index in [0.717, 1.165) is 41.2 Å². The van der Waals surface area contributed by atoms with Crippen LogP contribution in [-0.4, -0.2) is 33.7 Å². The van der Waals surface area contributed by atoms with E-state index in [-0.39, 0.29) is 5.91 Å². The fraction of sp³-hybridized carbons (Fsp3) is 0.273. The van der Waals surface area contributed by atoms with Crippen molar-refractivity contribution in [1.82, 2.24) is 14.7 Å². The van der Waals surface area contributed by atoms with Gasteiger partial charge in [0.25, 0.3) is 5.91 Å². The van der Waals surface area contributed by atoms with E-state index in [1.807, 2.05) is 66.9 Å². The molecule has 26 heavy (non-hydrogen) atoms. The van der Waals surface area contributed by atoms with Crippen molar-refractivity contribution in [2.45, 2.75) is 27.7 Å². The molecule has 134 valence electrons. The van der Waals surface area contributed by atoms with Gasteiger partial charge in [-0.05, 0) is 68.7 Å². The molecule has 1 aromatic heterocycles. The Labute approximate surface area is 155 Å². The van der Waals surface area contributed by atoms with Gasteiger partial charge in [0, 0.05) is 24.8 Å². The first-order valence-electron chi connectivity index (χ1n) is 9.06. The molecule has 0 radical (unpaired) electrons. The number of aromatic nitrogens is 2. The molecule has 3 rings (SSSR count). The molecule has 0 N–H and O–H groups in total. The van der Waals surface area contributed by atoms with E-state index in [9.17, 15) is 4.79 Å². The van der Waals surface area contributed by atoms with Crippen molar-refractivity contribution in [3.8, 4) is 16.8 Å². The van der Waals surface area contributed by atoms with E-state index in [4.69, 9.17) is 0 Å².